The number of halogens is 1. The molecule has 4 rings (SSSR count). The summed E-state index contributed by atoms with van der Waals surface area (Å²) in [6.07, 6.45) is 5.86. The van der Waals surface area contributed by atoms with E-state index in [1.165, 1.54) is 42.2 Å². The third-order valence-electron chi connectivity index (χ3n) is 5.05. The van der Waals surface area contributed by atoms with Gasteiger partial charge in [0.05, 0.1) is 11.6 Å². The van der Waals surface area contributed by atoms with Crippen LogP contribution in [0.2, 0.25) is 5.02 Å². The molecule has 1 N–H and O–H groups in total. The Bertz CT molecular complexity index is 619. The number of nitrogens with zero attached hydrogens (tertiary/aromatic N) is 2. The smallest absolute Gasteiger partial charge is 0.107 e. The summed E-state index contributed by atoms with van der Waals surface area (Å²) in [7, 11) is 0. The largest absolute Gasteiger partial charge is 0.317 e. The van der Waals surface area contributed by atoms with E-state index in [1.807, 2.05) is 12.3 Å². The quantitative estimate of drug-likeness (QED) is 0.880. The molecule has 2 aromatic heterocycles. The van der Waals surface area contributed by atoms with Gasteiger partial charge in [-0.05, 0) is 49.2 Å². The van der Waals surface area contributed by atoms with Crippen LogP contribution in [0, 0.1) is 5.41 Å². The van der Waals surface area contributed by atoms with Gasteiger partial charge < -0.3 is 5.32 Å². The maximum Gasteiger partial charge on any atom is 0.107 e. The lowest BCUT2D eigenvalue weighted by Crippen LogP contribution is -2.35. The summed E-state index contributed by atoms with van der Waals surface area (Å²) >= 11 is 9.85. The van der Waals surface area contributed by atoms with Crippen LogP contribution >= 0.6 is 34.3 Å². The number of thiazole rings is 1. The van der Waals surface area contributed by atoms with Crippen LogP contribution < -0.4 is 5.32 Å². The molecule has 2 fully saturated rings. The molecule has 2 aromatic rings. The lowest BCUT2D eigenvalue weighted by atomic mass is 9.93. The molecule has 0 bridgehead atoms. The van der Waals surface area contributed by atoms with Crippen molar-refractivity contribution >= 4 is 34.3 Å². The predicted octanol–water partition coefficient (Wildman–Crippen LogP) is 4.00. The Kier molecular flexibility index (Phi) is 4.26. The van der Waals surface area contributed by atoms with Gasteiger partial charge in [0, 0.05) is 29.0 Å². The Morgan fingerprint density at radius 2 is 2.14 bits per heavy atom. The van der Waals surface area contributed by atoms with Crippen LogP contribution in [0.4, 0.5) is 0 Å². The zero-order chi connectivity index (χ0) is 15.0. The van der Waals surface area contributed by atoms with E-state index >= 15 is 0 Å². The topological polar surface area (TPSA) is 28.2 Å². The molecular weight excluding hydrogens is 334 g/mol. The number of thiophene rings is 1. The van der Waals surface area contributed by atoms with Crippen molar-refractivity contribution in [2.24, 2.45) is 5.41 Å². The van der Waals surface area contributed by atoms with Crippen LogP contribution in [0.1, 0.15) is 29.1 Å². The van der Waals surface area contributed by atoms with Gasteiger partial charge in [0.15, 0.2) is 0 Å². The molecular formula is C16H20ClN3S2. The van der Waals surface area contributed by atoms with E-state index < -0.39 is 0 Å². The highest BCUT2D eigenvalue weighted by molar-refractivity contribution is 7.10. The number of aromatic nitrogens is 1. The van der Waals surface area contributed by atoms with Gasteiger partial charge in [0.25, 0.3) is 0 Å². The predicted molar refractivity (Wildman–Crippen MR) is 93.6 cm³/mol. The molecule has 118 valence electrons. The summed E-state index contributed by atoms with van der Waals surface area (Å²) in [4.78, 5) is 8.39. The third-order valence-corrected chi connectivity index (χ3v) is 7.18. The molecule has 6 heteroatoms. The van der Waals surface area contributed by atoms with E-state index in [9.17, 15) is 0 Å². The molecule has 1 saturated carbocycles. The SMILES string of the molecule is Clc1ccsc1CN(Cc1nccs1)C1CC12CCNCC2. The van der Waals surface area contributed by atoms with Gasteiger partial charge in [-0.3, -0.25) is 4.90 Å². The molecule has 1 aliphatic heterocycles. The van der Waals surface area contributed by atoms with Gasteiger partial charge in [-0.1, -0.05) is 11.6 Å². The zero-order valence-electron chi connectivity index (χ0n) is 12.4. The molecule has 22 heavy (non-hydrogen) atoms. The lowest BCUT2D eigenvalue weighted by Gasteiger charge is -2.29. The summed E-state index contributed by atoms with van der Waals surface area (Å²) in [6, 6.07) is 2.70. The highest BCUT2D eigenvalue weighted by Crippen LogP contribution is 2.56. The average molecular weight is 354 g/mol. The third kappa shape index (κ3) is 2.97. The maximum atomic E-state index is 6.33. The van der Waals surface area contributed by atoms with Crippen LogP contribution in [0.25, 0.3) is 0 Å². The number of hydrogen-bond acceptors (Lipinski definition) is 5. The van der Waals surface area contributed by atoms with Crippen molar-refractivity contribution in [2.75, 3.05) is 13.1 Å². The fourth-order valence-electron chi connectivity index (χ4n) is 3.71. The summed E-state index contributed by atoms with van der Waals surface area (Å²) < 4.78 is 0. The normalized spacial score (nSPS) is 23.3. The van der Waals surface area contributed by atoms with Crippen LogP contribution in [-0.2, 0) is 13.1 Å². The zero-order valence-corrected chi connectivity index (χ0v) is 14.8. The molecule has 1 unspecified atom stereocenters. The van der Waals surface area contributed by atoms with Crippen molar-refractivity contribution in [1.29, 1.82) is 0 Å². The second-order valence-corrected chi connectivity index (χ2v) is 8.74. The number of nitrogens with one attached hydrogen (secondary N) is 1. The fraction of sp³-hybridized carbons (Fsp3) is 0.562. The minimum atomic E-state index is 0.548. The van der Waals surface area contributed by atoms with Gasteiger partial charge in [-0.25, -0.2) is 4.98 Å². The van der Waals surface area contributed by atoms with Crippen molar-refractivity contribution in [3.63, 3.8) is 0 Å². The van der Waals surface area contributed by atoms with Crippen molar-refractivity contribution in [3.8, 4) is 0 Å². The van der Waals surface area contributed by atoms with Crippen molar-refractivity contribution in [3.05, 3.63) is 37.9 Å². The van der Waals surface area contributed by atoms with Crippen LogP contribution in [0.5, 0.6) is 0 Å². The summed E-state index contributed by atoms with van der Waals surface area (Å²) in [5.41, 5.74) is 0.548. The Hall–Kier alpha value is -0.460. The Morgan fingerprint density at radius 1 is 1.27 bits per heavy atom. The van der Waals surface area contributed by atoms with Crippen LogP contribution in [0.3, 0.4) is 0 Å². The van der Waals surface area contributed by atoms with Gasteiger partial charge >= 0.3 is 0 Å². The first kappa shape index (κ1) is 15.1. The Labute approximate surface area is 144 Å². The van der Waals surface area contributed by atoms with Crippen molar-refractivity contribution in [2.45, 2.75) is 38.4 Å². The fourth-order valence-corrected chi connectivity index (χ4v) is 5.47. The second-order valence-electron chi connectivity index (χ2n) is 6.35. The summed E-state index contributed by atoms with van der Waals surface area (Å²) in [5, 5.41) is 9.77. The average Bonchev–Trinajstić information content (AvgIpc) is 2.90. The minimum Gasteiger partial charge on any atom is -0.317 e. The highest BCUT2D eigenvalue weighted by Gasteiger charge is 2.56. The Balaban J connectivity index is 1.52. The van der Waals surface area contributed by atoms with Crippen molar-refractivity contribution < 1.29 is 0 Å². The molecule has 3 heterocycles. The van der Waals surface area contributed by atoms with E-state index in [0.717, 1.165) is 18.1 Å². The number of piperidine rings is 1. The van der Waals surface area contributed by atoms with Gasteiger partial charge in [0.2, 0.25) is 0 Å². The molecule has 2 aliphatic rings. The first-order valence-electron chi connectivity index (χ1n) is 7.82. The van der Waals surface area contributed by atoms with Crippen LogP contribution in [0.15, 0.2) is 23.0 Å². The summed E-state index contributed by atoms with van der Waals surface area (Å²) in [5.74, 6) is 0. The summed E-state index contributed by atoms with van der Waals surface area (Å²) in [6.45, 7) is 4.24. The lowest BCUT2D eigenvalue weighted by molar-refractivity contribution is 0.189. The van der Waals surface area contributed by atoms with E-state index in [4.69, 9.17) is 11.6 Å². The molecule has 0 amide bonds. The van der Waals surface area contributed by atoms with E-state index in [1.54, 1.807) is 22.7 Å². The molecule has 1 atom stereocenters. The molecule has 1 spiro atoms. The van der Waals surface area contributed by atoms with Gasteiger partial charge in [0.1, 0.15) is 5.01 Å². The molecule has 1 saturated heterocycles. The number of rotatable bonds is 5. The maximum absolute atomic E-state index is 6.33. The van der Waals surface area contributed by atoms with Crippen LogP contribution in [-0.4, -0.2) is 29.0 Å². The van der Waals surface area contributed by atoms with E-state index in [0.29, 0.717) is 11.5 Å². The van der Waals surface area contributed by atoms with Crippen molar-refractivity contribution in [1.82, 2.24) is 15.2 Å². The van der Waals surface area contributed by atoms with Gasteiger partial charge in [-0.15, -0.1) is 22.7 Å². The second kappa shape index (κ2) is 6.21. The minimum absolute atomic E-state index is 0.548. The standard InChI is InChI=1S/C16H20ClN3S2/c17-12-1-7-21-13(12)10-20(11-15-19-6-8-22-15)14-9-16(14)2-4-18-5-3-16/h1,6-8,14,18H,2-5,9-11H2. The molecule has 0 aromatic carbocycles. The first-order chi connectivity index (χ1) is 10.8. The first-order valence-corrected chi connectivity index (χ1v) is 9.96. The van der Waals surface area contributed by atoms with E-state index in [2.05, 4.69) is 26.0 Å². The Morgan fingerprint density at radius 3 is 2.82 bits per heavy atom. The highest BCUT2D eigenvalue weighted by atomic mass is 35.5. The monoisotopic (exact) mass is 353 g/mol. The molecule has 0 radical (unpaired) electrons. The molecule has 3 nitrogen and oxygen atoms in total. The van der Waals surface area contributed by atoms with E-state index in [-0.39, 0.29) is 0 Å². The van der Waals surface area contributed by atoms with Gasteiger partial charge in [-0.2, -0.15) is 0 Å². The molecule has 1 aliphatic carbocycles. The number of hydrogen-bond donors (Lipinski definition) is 1.